The largest absolute Gasteiger partial charge is 0.405 e. The van der Waals surface area contributed by atoms with E-state index in [1.54, 1.807) is 33.0 Å². The molecular weight excluding hydrogens is 415 g/mol. The van der Waals surface area contributed by atoms with Crippen LogP contribution in [0.2, 0.25) is 0 Å². The van der Waals surface area contributed by atoms with Gasteiger partial charge in [0, 0.05) is 18.6 Å². The van der Waals surface area contributed by atoms with E-state index < -0.39 is 11.6 Å². The molecule has 0 amide bonds. The smallest absolute Gasteiger partial charge is 0.350 e. The van der Waals surface area contributed by atoms with E-state index in [1.165, 1.54) is 6.92 Å². The molecular formula is C24H24F3N5. The minimum Gasteiger partial charge on any atom is -0.350 e. The van der Waals surface area contributed by atoms with E-state index in [1.807, 2.05) is 25.5 Å². The Morgan fingerprint density at radius 2 is 1.66 bits per heavy atom. The summed E-state index contributed by atoms with van der Waals surface area (Å²) in [4.78, 5) is 11.6. The predicted octanol–water partition coefficient (Wildman–Crippen LogP) is 5.73. The van der Waals surface area contributed by atoms with E-state index in [0.717, 1.165) is 16.6 Å². The van der Waals surface area contributed by atoms with Gasteiger partial charge >= 0.3 is 6.18 Å². The van der Waals surface area contributed by atoms with Crippen LogP contribution < -0.4 is 0 Å². The number of aryl methyl sites for hydroxylation is 4. The van der Waals surface area contributed by atoms with Gasteiger partial charge in [-0.05, 0) is 75.4 Å². The van der Waals surface area contributed by atoms with E-state index in [0.29, 0.717) is 27.8 Å². The molecule has 1 aromatic carbocycles. The third kappa shape index (κ3) is 2.70. The van der Waals surface area contributed by atoms with Crippen molar-refractivity contribution in [3.05, 3.63) is 57.2 Å². The van der Waals surface area contributed by atoms with Crippen LogP contribution in [0.1, 0.15) is 51.8 Å². The molecule has 32 heavy (non-hydrogen) atoms. The Morgan fingerprint density at radius 1 is 1.00 bits per heavy atom. The summed E-state index contributed by atoms with van der Waals surface area (Å²) in [6.45, 7) is 10.0. The summed E-state index contributed by atoms with van der Waals surface area (Å²) >= 11 is 0. The number of nitrogens with one attached hydrogen (secondary N) is 1. The van der Waals surface area contributed by atoms with Gasteiger partial charge in [-0.1, -0.05) is 0 Å². The minimum absolute atomic E-state index is 0.178. The van der Waals surface area contributed by atoms with Gasteiger partial charge in [-0.3, -0.25) is 0 Å². The second-order valence-corrected chi connectivity index (χ2v) is 8.65. The zero-order valence-corrected chi connectivity index (χ0v) is 19.1. The van der Waals surface area contributed by atoms with E-state index in [2.05, 4.69) is 21.0 Å². The van der Waals surface area contributed by atoms with Gasteiger partial charge in [0.1, 0.15) is 22.8 Å². The third-order valence-corrected chi connectivity index (χ3v) is 6.91. The lowest BCUT2D eigenvalue weighted by Crippen LogP contribution is -2.42. The average molecular weight is 439 g/mol. The average Bonchev–Trinajstić information content (AvgIpc) is 3.30. The number of pyridine rings is 1. The SMILES string of the molecule is Cc1nc2[nH]c(C(C)(c3c(C)c(C)c(C)c4c3ccn4C)C(F)(F)F)nc2c(C)c1C#N. The molecule has 4 aromatic rings. The fourth-order valence-corrected chi connectivity index (χ4v) is 4.81. The monoisotopic (exact) mass is 439 g/mol. The van der Waals surface area contributed by atoms with E-state index >= 15 is 0 Å². The molecule has 1 N–H and O–H groups in total. The first-order chi connectivity index (χ1) is 14.8. The molecule has 0 fully saturated rings. The Hall–Kier alpha value is -3.34. The molecule has 0 saturated carbocycles. The Labute approximate surface area is 183 Å². The predicted molar refractivity (Wildman–Crippen MR) is 118 cm³/mol. The van der Waals surface area contributed by atoms with Gasteiger partial charge in [0.15, 0.2) is 5.65 Å². The highest BCUT2D eigenvalue weighted by molar-refractivity contribution is 5.91. The zero-order valence-electron chi connectivity index (χ0n) is 19.1. The molecule has 0 saturated heterocycles. The maximum absolute atomic E-state index is 14.9. The number of hydrogen-bond donors (Lipinski definition) is 1. The van der Waals surface area contributed by atoms with E-state index in [9.17, 15) is 18.4 Å². The van der Waals surface area contributed by atoms with Crippen LogP contribution in [0, 0.1) is 45.9 Å². The Balaban J connectivity index is 2.16. The van der Waals surface area contributed by atoms with Crippen molar-refractivity contribution in [2.75, 3.05) is 0 Å². The molecule has 5 nitrogen and oxygen atoms in total. The maximum Gasteiger partial charge on any atom is 0.405 e. The first kappa shape index (κ1) is 21.9. The van der Waals surface area contributed by atoms with Crippen molar-refractivity contribution in [3.8, 4) is 6.07 Å². The highest BCUT2D eigenvalue weighted by Gasteiger charge is 2.57. The number of H-pyrrole nitrogens is 1. The van der Waals surface area contributed by atoms with Crippen LogP contribution in [-0.2, 0) is 12.5 Å². The van der Waals surface area contributed by atoms with Crippen molar-refractivity contribution in [1.82, 2.24) is 19.5 Å². The lowest BCUT2D eigenvalue weighted by molar-refractivity contribution is -0.174. The molecule has 4 rings (SSSR count). The number of imidazole rings is 1. The van der Waals surface area contributed by atoms with E-state index in [4.69, 9.17) is 0 Å². The van der Waals surface area contributed by atoms with Crippen LogP contribution in [0.3, 0.4) is 0 Å². The lowest BCUT2D eigenvalue weighted by Gasteiger charge is -2.33. The third-order valence-electron chi connectivity index (χ3n) is 6.91. The van der Waals surface area contributed by atoms with Crippen molar-refractivity contribution < 1.29 is 13.2 Å². The summed E-state index contributed by atoms with van der Waals surface area (Å²) < 4.78 is 46.7. The van der Waals surface area contributed by atoms with Gasteiger partial charge in [-0.15, -0.1) is 0 Å². The first-order valence-corrected chi connectivity index (χ1v) is 10.2. The Morgan fingerprint density at radius 3 is 2.25 bits per heavy atom. The maximum atomic E-state index is 14.9. The number of hydrogen-bond acceptors (Lipinski definition) is 3. The number of benzene rings is 1. The highest BCUT2D eigenvalue weighted by atomic mass is 19.4. The fourth-order valence-electron chi connectivity index (χ4n) is 4.81. The van der Waals surface area contributed by atoms with Crippen LogP contribution in [0.5, 0.6) is 0 Å². The van der Waals surface area contributed by atoms with Crippen molar-refractivity contribution in [3.63, 3.8) is 0 Å². The Kier molecular flexibility index (Phi) is 4.67. The molecule has 0 bridgehead atoms. The summed E-state index contributed by atoms with van der Waals surface area (Å²) in [6.07, 6.45) is -2.86. The van der Waals surface area contributed by atoms with Gasteiger partial charge in [0.25, 0.3) is 0 Å². The zero-order chi connectivity index (χ0) is 23.7. The molecule has 1 unspecified atom stereocenters. The second-order valence-electron chi connectivity index (χ2n) is 8.65. The fraction of sp³-hybridized carbons (Fsp3) is 0.375. The normalized spacial score (nSPS) is 14.2. The van der Waals surface area contributed by atoms with Crippen molar-refractivity contribution in [2.24, 2.45) is 7.05 Å². The number of nitrogens with zero attached hydrogens (tertiary/aromatic N) is 4. The number of nitriles is 1. The van der Waals surface area contributed by atoms with Gasteiger partial charge in [0.05, 0.1) is 16.8 Å². The second kappa shape index (κ2) is 6.83. The quantitative estimate of drug-likeness (QED) is 0.434. The van der Waals surface area contributed by atoms with Crippen LogP contribution in [0.4, 0.5) is 13.2 Å². The molecule has 0 radical (unpaired) electrons. The molecule has 0 aliphatic rings. The van der Waals surface area contributed by atoms with Crippen LogP contribution >= 0.6 is 0 Å². The standard InChI is InChI=1S/C24H24F3N5/c1-11-12(2)18(16-8-9-32(7)20(16)13(11)3)23(6,24(25,26)27)22-30-19-14(4)17(10-28)15(5)29-21(19)31-22/h8-9H,1-7H3,(H,29,30,31). The molecule has 0 spiro atoms. The number of aromatic nitrogens is 4. The minimum atomic E-state index is -4.64. The van der Waals surface area contributed by atoms with Gasteiger partial charge in [-0.25, -0.2) is 9.97 Å². The van der Waals surface area contributed by atoms with Crippen molar-refractivity contribution >= 4 is 22.1 Å². The summed E-state index contributed by atoms with van der Waals surface area (Å²) in [6, 6.07) is 3.81. The number of rotatable bonds is 2. The number of aromatic amines is 1. The van der Waals surface area contributed by atoms with E-state index in [-0.39, 0.29) is 22.6 Å². The topological polar surface area (TPSA) is 70.3 Å². The lowest BCUT2D eigenvalue weighted by atomic mass is 9.75. The Bertz CT molecular complexity index is 1450. The summed E-state index contributed by atoms with van der Waals surface area (Å²) in [7, 11) is 1.83. The van der Waals surface area contributed by atoms with Crippen molar-refractivity contribution in [1.29, 1.82) is 5.26 Å². The molecule has 0 aliphatic heterocycles. The highest BCUT2D eigenvalue weighted by Crippen LogP contribution is 2.50. The van der Waals surface area contributed by atoms with Crippen molar-refractivity contribution in [2.45, 2.75) is 53.1 Å². The molecule has 8 heteroatoms. The van der Waals surface area contributed by atoms with Gasteiger partial charge in [0.2, 0.25) is 0 Å². The van der Waals surface area contributed by atoms with Crippen LogP contribution in [0.25, 0.3) is 22.1 Å². The molecule has 3 heterocycles. The molecule has 1 atom stereocenters. The molecule has 3 aromatic heterocycles. The van der Waals surface area contributed by atoms with Gasteiger partial charge in [-0.2, -0.15) is 18.4 Å². The number of alkyl halides is 3. The van der Waals surface area contributed by atoms with Crippen LogP contribution in [0.15, 0.2) is 12.3 Å². The van der Waals surface area contributed by atoms with Crippen LogP contribution in [-0.4, -0.2) is 25.7 Å². The first-order valence-electron chi connectivity index (χ1n) is 10.2. The molecule has 0 aliphatic carbocycles. The summed E-state index contributed by atoms with van der Waals surface area (Å²) in [5.41, 5.74) is 2.72. The number of fused-ring (bicyclic) bond motifs is 2. The molecule has 166 valence electrons. The van der Waals surface area contributed by atoms with Gasteiger partial charge < -0.3 is 9.55 Å². The summed E-state index contributed by atoms with van der Waals surface area (Å²) in [5.74, 6) is -0.235. The number of halogens is 3. The summed E-state index contributed by atoms with van der Waals surface area (Å²) in [5, 5.41) is 9.98.